The van der Waals surface area contributed by atoms with Gasteiger partial charge in [-0.2, -0.15) is 4.41 Å². The van der Waals surface area contributed by atoms with Gasteiger partial charge in [-0.25, -0.2) is 5.43 Å². The summed E-state index contributed by atoms with van der Waals surface area (Å²) >= 11 is 1.46. The van der Waals surface area contributed by atoms with Crippen LogP contribution in [-0.2, 0) is 0 Å². The predicted molar refractivity (Wildman–Crippen MR) is 84.9 cm³/mol. The molecule has 0 atom stereocenters. The van der Waals surface area contributed by atoms with Crippen LogP contribution in [0.15, 0.2) is 28.7 Å². The Morgan fingerprint density at radius 2 is 2.10 bits per heavy atom. The van der Waals surface area contributed by atoms with Crippen LogP contribution in [-0.4, -0.2) is 23.3 Å². The fraction of sp³-hybridized carbons (Fsp3) is 0.357. The van der Waals surface area contributed by atoms with Crippen LogP contribution in [0.3, 0.4) is 0 Å². The molecule has 0 fully saturated rings. The average molecular weight is 292 g/mol. The molecule has 0 radical (unpaired) electrons. The third kappa shape index (κ3) is 2.98. The molecule has 1 heterocycles. The van der Waals surface area contributed by atoms with Crippen molar-refractivity contribution in [3.05, 3.63) is 34.2 Å². The van der Waals surface area contributed by atoms with E-state index < -0.39 is 0 Å². The molecule has 0 spiro atoms. The first-order chi connectivity index (χ1) is 9.56. The first kappa shape index (κ1) is 14.9. The van der Waals surface area contributed by atoms with Gasteiger partial charge in [-0.15, -0.1) is 0 Å². The number of Topliss-reactive ketones (excluding diaryl/α,β-unsaturated/α-hetero) is 1. The number of rotatable bonds is 5. The van der Waals surface area contributed by atoms with Crippen LogP contribution in [0, 0.1) is 0 Å². The van der Waals surface area contributed by atoms with Crippen LogP contribution < -0.4 is 16.9 Å². The molecule has 0 aliphatic carbocycles. The van der Waals surface area contributed by atoms with Crippen molar-refractivity contribution in [3.63, 3.8) is 0 Å². The lowest BCUT2D eigenvalue weighted by Crippen LogP contribution is -2.30. The molecule has 0 saturated heterocycles. The Morgan fingerprint density at radius 1 is 1.35 bits per heavy atom. The molecule has 0 aromatic heterocycles. The Balaban J connectivity index is 2.24. The minimum Gasteiger partial charge on any atom is -0.397 e. The summed E-state index contributed by atoms with van der Waals surface area (Å²) in [6, 6.07) is 5.05. The van der Waals surface area contributed by atoms with Gasteiger partial charge in [-0.1, -0.05) is 13.8 Å². The standard InChI is InChI=1S/C14H20N4OS/c1-3-9-8-18(17-4-2)20-14(9)13(19)10-5-6-11(15)12(16)7-10/h5-7,17H,3-4,8,15-16H2,1-2H3. The molecule has 1 aromatic rings. The molecule has 0 amide bonds. The second-order valence-electron chi connectivity index (χ2n) is 4.60. The summed E-state index contributed by atoms with van der Waals surface area (Å²) < 4.78 is 1.99. The lowest BCUT2D eigenvalue weighted by Gasteiger charge is -2.14. The van der Waals surface area contributed by atoms with Crippen LogP contribution in [0.1, 0.15) is 30.6 Å². The molecule has 2 rings (SSSR count). The monoisotopic (exact) mass is 292 g/mol. The zero-order valence-electron chi connectivity index (χ0n) is 11.8. The first-order valence-electron chi connectivity index (χ1n) is 6.67. The van der Waals surface area contributed by atoms with Gasteiger partial charge in [0.25, 0.3) is 0 Å². The molecule has 0 unspecified atom stereocenters. The van der Waals surface area contributed by atoms with E-state index in [-0.39, 0.29) is 5.78 Å². The van der Waals surface area contributed by atoms with Crippen LogP contribution in [0.4, 0.5) is 11.4 Å². The van der Waals surface area contributed by atoms with Crippen molar-refractivity contribution in [2.24, 2.45) is 0 Å². The summed E-state index contributed by atoms with van der Waals surface area (Å²) in [4.78, 5) is 13.4. The average Bonchev–Trinajstić information content (AvgIpc) is 2.84. The van der Waals surface area contributed by atoms with Gasteiger partial charge in [-0.3, -0.25) is 4.79 Å². The molecule has 1 aliphatic heterocycles. The number of anilines is 2. The maximum absolute atomic E-state index is 12.6. The number of nitrogens with two attached hydrogens (primary N) is 2. The number of hydrogen-bond donors (Lipinski definition) is 3. The first-order valence-corrected chi connectivity index (χ1v) is 7.44. The molecule has 6 heteroatoms. The topological polar surface area (TPSA) is 84.4 Å². The molecule has 5 N–H and O–H groups in total. The second-order valence-corrected chi connectivity index (χ2v) is 5.63. The Labute approximate surface area is 123 Å². The fourth-order valence-corrected chi connectivity index (χ4v) is 3.21. The van der Waals surface area contributed by atoms with E-state index in [9.17, 15) is 4.79 Å². The Morgan fingerprint density at radius 3 is 2.70 bits per heavy atom. The Bertz CT molecular complexity index is 556. The molecule has 0 bridgehead atoms. The summed E-state index contributed by atoms with van der Waals surface area (Å²) in [5.41, 5.74) is 17.4. The molecule has 108 valence electrons. The van der Waals surface area contributed by atoms with Gasteiger partial charge in [0.15, 0.2) is 0 Å². The van der Waals surface area contributed by atoms with E-state index in [2.05, 4.69) is 12.3 Å². The number of nitrogens with zero attached hydrogens (tertiary/aromatic N) is 1. The highest BCUT2D eigenvalue weighted by Crippen LogP contribution is 2.35. The minimum atomic E-state index is 0.0129. The lowest BCUT2D eigenvalue weighted by molar-refractivity contribution is 0.104. The number of benzene rings is 1. The van der Waals surface area contributed by atoms with E-state index >= 15 is 0 Å². The van der Waals surface area contributed by atoms with Crippen molar-refractivity contribution in [1.29, 1.82) is 0 Å². The number of nitrogens with one attached hydrogen (secondary N) is 1. The van der Waals surface area contributed by atoms with Gasteiger partial charge in [0.2, 0.25) is 5.78 Å². The Hall–Kier alpha value is -1.50. The summed E-state index contributed by atoms with van der Waals surface area (Å²) in [7, 11) is 0. The highest BCUT2D eigenvalue weighted by molar-refractivity contribution is 8.02. The van der Waals surface area contributed by atoms with E-state index in [1.54, 1.807) is 18.2 Å². The quantitative estimate of drug-likeness (QED) is 0.438. The number of allylic oxidation sites excluding steroid dienone is 1. The summed E-state index contributed by atoms with van der Waals surface area (Å²) in [6.45, 7) is 5.70. The van der Waals surface area contributed by atoms with Gasteiger partial charge < -0.3 is 11.5 Å². The summed E-state index contributed by atoms with van der Waals surface area (Å²) in [5.74, 6) is 0.0129. The molecule has 1 aromatic carbocycles. The van der Waals surface area contributed by atoms with Crippen molar-refractivity contribution in [2.45, 2.75) is 20.3 Å². The maximum atomic E-state index is 12.6. The molecule has 20 heavy (non-hydrogen) atoms. The lowest BCUT2D eigenvalue weighted by atomic mass is 10.0. The number of nitrogen functional groups attached to an aromatic ring is 2. The van der Waals surface area contributed by atoms with Crippen molar-refractivity contribution >= 4 is 29.1 Å². The largest absolute Gasteiger partial charge is 0.397 e. The maximum Gasteiger partial charge on any atom is 0.200 e. The highest BCUT2D eigenvalue weighted by atomic mass is 32.2. The normalized spacial score (nSPS) is 15.9. The van der Waals surface area contributed by atoms with Crippen molar-refractivity contribution in [1.82, 2.24) is 9.84 Å². The second kappa shape index (κ2) is 6.30. The van der Waals surface area contributed by atoms with Gasteiger partial charge in [0, 0.05) is 18.7 Å². The van der Waals surface area contributed by atoms with Crippen LogP contribution in [0.2, 0.25) is 0 Å². The molecule has 0 saturated carbocycles. The van der Waals surface area contributed by atoms with Crippen LogP contribution >= 0.6 is 11.9 Å². The third-order valence-corrected chi connectivity index (χ3v) is 4.31. The zero-order chi connectivity index (χ0) is 14.7. The number of carbonyl (C=O) groups is 1. The number of hydrazine groups is 1. The van der Waals surface area contributed by atoms with E-state index in [0.717, 1.165) is 30.0 Å². The molecular weight excluding hydrogens is 272 g/mol. The van der Waals surface area contributed by atoms with Gasteiger partial charge >= 0.3 is 0 Å². The number of ketones is 1. The SMILES string of the molecule is CCNN1CC(CC)=C(C(=O)c2ccc(N)c(N)c2)S1. The van der Waals surface area contributed by atoms with E-state index in [4.69, 9.17) is 11.5 Å². The smallest absolute Gasteiger partial charge is 0.200 e. The zero-order valence-corrected chi connectivity index (χ0v) is 12.6. The number of hydrogen-bond acceptors (Lipinski definition) is 6. The molecular formula is C14H20N4OS. The van der Waals surface area contributed by atoms with Crippen molar-refractivity contribution < 1.29 is 4.79 Å². The van der Waals surface area contributed by atoms with E-state index in [0.29, 0.717) is 16.9 Å². The van der Waals surface area contributed by atoms with Gasteiger partial charge in [-0.05, 0) is 42.1 Å². The van der Waals surface area contributed by atoms with E-state index in [1.807, 2.05) is 11.3 Å². The minimum absolute atomic E-state index is 0.0129. The van der Waals surface area contributed by atoms with Crippen molar-refractivity contribution in [3.8, 4) is 0 Å². The predicted octanol–water partition coefficient (Wildman–Crippen LogP) is 2.19. The molecule has 5 nitrogen and oxygen atoms in total. The summed E-state index contributed by atoms with van der Waals surface area (Å²) in [5, 5.41) is 0. The van der Waals surface area contributed by atoms with Crippen LogP contribution in [0.25, 0.3) is 0 Å². The van der Waals surface area contributed by atoms with Gasteiger partial charge in [0.1, 0.15) is 0 Å². The number of carbonyl (C=O) groups excluding carboxylic acids is 1. The third-order valence-electron chi connectivity index (χ3n) is 3.17. The summed E-state index contributed by atoms with van der Waals surface area (Å²) in [6.07, 6.45) is 0.862. The Kier molecular flexibility index (Phi) is 4.69. The fourth-order valence-electron chi connectivity index (χ4n) is 2.04. The molecule has 1 aliphatic rings. The van der Waals surface area contributed by atoms with Crippen molar-refractivity contribution in [2.75, 3.05) is 24.6 Å². The van der Waals surface area contributed by atoms with E-state index in [1.165, 1.54) is 11.9 Å². The highest BCUT2D eigenvalue weighted by Gasteiger charge is 2.27. The van der Waals surface area contributed by atoms with Gasteiger partial charge in [0.05, 0.1) is 16.3 Å². The van der Waals surface area contributed by atoms with Crippen LogP contribution in [0.5, 0.6) is 0 Å².